The van der Waals surface area contributed by atoms with E-state index in [4.69, 9.17) is 11.6 Å². The number of carbonyl (C=O) groups excluding carboxylic acids is 1. The summed E-state index contributed by atoms with van der Waals surface area (Å²) in [7, 11) is -3.75. The average molecular weight is 383 g/mol. The smallest absolute Gasteiger partial charge is 0.256 e. The molecule has 1 aliphatic rings. The third kappa shape index (κ3) is 4.02. The molecule has 0 radical (unpaired) electrons. The molecule has 1 aromatic heterocycles. The zero-order valence-corrected chi connectivity index (χ0v) is 15.4. The van der Waals surface area contributed by atoms with E-state index in [0.29, 0.717) is 5.82 Å². The quantitative estimate of drug-likeness (QED) is 0.803. The molecule has 1 heterocycles. The second kappa shape index (κ2) is 6.78. The van der Waals surface area contributed by atoms with Crippen LogP contribution in [0.15, 0.2) is 35.4 Å². The highest BCUT2D eigenvalue weighted by Gasteiger charge is 2.29. The Morgan fingerprint density at radius 1 is 1.32 bits per heavy atom. The summed E-state index contributed by atoms with van der Waals surface area (Å²) in [6.45, 7) is 3.89. The minimum absolute atomic E-state index is 0.0426. The van der Waals surface area contributed by atoms with Crippen LogP contribution in [0.4, 0.5) is 5.82 Å². The van der Waals surface area contributed by atoms with Gasteiger partial charge < -0.3 is 5.32 Å². The summed E-state index contributed by atoms with van der Waals surface area (Å²) in [5.41, 5.74) is 0.206. The first-order valence-electron chi connectivity index (χ1n) is 7.94. The van der Waals surface area contributed by atoms with E-state index in [1.165, 1.54) is 18.2 Å². The summed E-state index contributed by atoms with van der Waals surface area (Å²) in [6, 6.07) is 5.91. The molecule has 0 saturated heterocycles. The normalized spacial score (nSPS) is 14.7. The standard InChI is InChI=1S/C16H19ClN4O3S/c1-10(2)21-15(7-8-18-21)19-16(22)11-3-6-13(17)14(9-11)25(23,24)20-12-4-5-12/h3,6-10,12,20H,4-5H2,1-2H3,(H,19,22). The van der Waals surface area contributed by atoms with Crippen molar-refractivity contribution in [2.24, 2.45) is 0 Å². The lowest BCUT2D eigenvalue weighted by Gasteiger charge is -2.13. The lowest BCUT2D eigenvalue weighted by atomic mass is 10.2. The third-order valence-electron chi connectivity index (χ3n) is 3.78. The first-order chi connectivity index (χ1) is 11.8. The highest BCUT2D eigenvalue weighted by molar-refractivity contribution is 7.89. The van der Waals surface area contributed by atoms with E-state index in [2.05, 4.69) is 15.1 Å². The number of amides is 1. The molecule has 1 amide bonds. The van der Waals surface area contributed by atoms with Gasteiger partial charge in [0.2, 0.25) is 10.0 Å². The largest absolute Gasteiger partial charge is 0.307 e. The Labute approximate surface area is 151 Å². The van der Waals surface area contributed by atoms with Gasteiger partial charge in [0.1, 0.15) is 10.7 Å². The fourth-order valence-corrected chi connectivity index (χ4v) is 4.18. The molecule has 0 spiro atoms. The molecule has 1 saturated carbocycles. The summed E-state index contributed by atoms with van der Waals surface area (Å²) < 4.78 is 29.0. The van der Waals surface area contributed by atoms with Crippen LogP contribution in [-0.4, -0.2) is 30.1 Å². The maximum atomic E-state index is 12.5. The molecule has 1 aliphatic carbocycles. The molecule has 0 bridgehead atoms. The predicted octanol–water partition coefficient (Wildman–Crippen LogP) is 2.81. The number of aromatic nitrogens is 2. The van der Waals surface area contributed by atoms with Gasteiger partial charge in [-0.15, -0.1) is 0 Å². The molecule has 2 N–H and O–H groups in total. The number of rotatable bonds is 6. The van der Waals surface area contributed by atoms with Gasteiger partial charge in [0, 0.05) is 23.7 Å². The Morgan fingerprint density at radius 3 is 2.68 bits per heavy atom. The molecule has 134 valence electrons. The van der Waals surface area contributed by atoms with Gasteiger partial charge in [0.05, 0.1) is 11.2 Å². The van der Waals surface area contributed by atoms with Gasteiger partial charge >= 0.3 is 0 Å². The molecule has 7 nitrogen and oxygen atoms in total. The summed E-state index contributed by atoms with van der Waals surface area (Å²) in [5, 5.41) is 6.97. The van der Waals surface area contributed by atoms with E-state index >= 15 is 0 Å². The fourth-order valence-electron chi connectivity index (χ4n) is 2.35. The third-order valence-corrected chi connectivity index (χ3v) is 5.79. The highest BCUT2D eigenvalue weighted by atomic mass is 35.5. The summed E-state index contributed by atoms with van der Waals surface area (Å²) >= 11 is 6.03. The maximum absolute atomic E-state index is 12.5. The Kier molecular flexibility index (Phi) is 4.86. The lowest BCUT2D eigenvalue weighted by Crippen LogP contribution is -2.26. The van der Waals surface area contributed by atoms with Crippen LogP contribution in [-0.2, 0) is 10.0 Å². The van der Waals surface area contributed by atoms with E-state index in [1.807, 2.05) is 13.8 Å². The van der Waals surface area contributed by atoms with Gasteiger partial charge in [-0.25, -0.2) is 17.8 Å². The molecule has 0 unspecified atom stereocenters. The van der Waals surface area contributed by atoms with Crippen LogP contribution in [0.5, 0.6) is 0 Å². The molecule has 0 atom stereocenters. The van der Waals surface area contributed by atoms with Crippen LogP contribution in [0.25, 0.3) is 0 Å². The summed E-state index contributed by atoms with van der Waals surface area (Å²) in [6.07, 6.45) is 3.22. The number of anilines is 1. The van der Waals surface area contributed by atoms with Crippen molar-refractivity contribution in [1.82, 2.24) is 14.5 Å². The Hall–Kier alpha value is -1.90. The number of hydrogen-bond donors (Lipinski definition) is 2. The topological polar surface area (TPSA) is 93.1 Å². The maximum Gasteiger partial charge on any atom is 0.256 e. The molecule has 3 rings (SSSR count). The molecular weight excluding hydrogens is 364 g/mol. The first-order valence-corrected chi connectivity index (χ1v) is 9.81. The van der Waals surface area contributed by atoms with Crippen LogP contribution < -0.4 is 10.0 Å². The Bertz CT molecular complexity index is 904. The zero-order chi connectivity index (χ0) is 18.2. The number of sulfonamides is 1. The number of hydrogen-bond acceptors (Lipinski definition) is 4. The summed E-state index contributed by atoms with van der Waals surface area (Å²) in [5.74, 6) is 0.109. The van der Waals surface area contributed by atoms with Crippen molar-refractivity contribution in [3.05, 3.63) is 41.0 Å². The van der Waals surface area contributed by atoms with E-state index in [-0.39, 0.29) is 27.6 Å². The molecule has 1 aromatic carbocycles. The molecule has 25 heavy (non-hydrogen) atoms. The van der Waals surface area contributed by atoms with Gasteiger partial charge in [-0.2, -0.15) is 5.10 Å². The minimum atomic E-state index is -3.75. The Balaban J connectivity index is 1.86. The molecule has 2 aromatic rings. The average Bonchev–Trinajstić information content (AvgIpc) is 3.21. The van der Waals surface area contributed by atoms with Crippen LogP contribution in [0.1, 0.15) is 43.1 Å². The van der Waals surface area contributed by atoms with E-state index < -0.39 is 15.9 Å². The molecule has 0 aliphatic heterocycles. The van der Waals surface area contributed by atoms with Crippen molar-refractivity contribution in [3.8, 4) is 0 Å². The van der Waals surface area contributed by atoms with E-state index in [1.54, 1.807) is 16.9 Å². The van der Waals surface area contributed by atoms with Crippen LogP contribution in [0.3, 0.4) is 0 Å². The SMILES string of the molecule is CC(C)n1nccc1NC(=O)c1ccc(Cl)c(S(=O)(=O)NC2CC2)c1. The highest BCUT2D eigenvalue weighted by Crippen LogP contribution is 2.27. The van der Waals surface area contributed by atoms with Gasteiger partial charge in [-0.05, 0) is 44.9 Å². The van der Waals surface area contributed by atoms with Crippen LogP contribution in [0, 0.1) is 0 Å². The summed E-state index contributed by atoms with van der Waals surface area (Å²) in [4.78, 5) is 12.4. The fraction of sp³-hybridized carbons (Fsp3) is 0.375. The second-order valence-corrected chi connectivity index (χ2v) is 8.34. The lowest BCUT2D eigenvalue weighted by molar-refractivity contribution is 0.102. The van der Waals surface area contributed by atoms with Gasteiger partial charge in [0.15, 0.2) is 0 Å². The number of halogens is 1. The van der Waals surface area contributed by atoms with Crippen molar-refractivity contribution in [3.63, 3.8) is 0 Å². The minimum Gasteiger partial charge on any atom is -0.307 e. The van der Waals surface area contributed by atoms with Crippen molar-refractivity contribution < 1.29 is 13.2 Å². The Morgan fingerprint density at radius 2 is 2.04 bits per heavy atom. The van der Waals surface area contributed by atoms with Gasteiger partial charge in [-0.1, -0.05) is 11.6 Å². The molecule has 1 fully saturated rings. The van der Waals surface area contributed by atoms with Crippen molar-refractivity contribution in [1.29, 1.82) is 0 Å². The number of nitrogens with zero attached hydrogens (tertiary/aromatic N) is 2. The monoisotopic (exact) mass is 382 g/mol. The number of benzene rings is 1. The predicted molar refractivity (Wildman–Crippen MR) is 95.4 cm³/mol. The van der Waals surface area contributed by atoms with Crippen molar-refractivity contribution in [2.75, 3.05) is 5.32 Å². The van der Waals surface area contributed by atoms with Crippen LogP contribution >= 0.6 is 11.6 Å². The molecule has 9 heteroatoms. The van der Waals surface area contributed by atoms with E-state index in [9.17, 15) is 13.2 Å². The number of nitrogens with one attached hydrogen (secondary N) is 2. The van der Waals surface area contributed by atoms with Crippen molar-refractivity contribution >= 4 is 33.3 Å². The second-order valence-electron chi connectivity index (χ2n) is 6.25. The first kappa shape index (κ1) is 17.9. The van der Waals surface area contributed by atoms with Gasteiger partial charge in [-0.3, -0.25) is 4.79 Å². The van der Waals surface area contributed by atoms with Crippen molar-refractivity contribution in [2.45, 2.75) is 43.7 Å². The molecular formula is C16H19ClN4O3S. The zero-order valence-electron chi connectivity index (χ0n) is 13.9. The van der Waals surface area contributed by atoms with Crippen LogP contribution in [0.2, 0.25) is 5.02 Å². The number of carbonyl (C=O) groups is 1. The van der Waals surface area contributed by atoms with Gasteiger partial charge in [0.25, 0.3) is 5.91 Å². The van der Waals surface area contributed by atoms with E-state index in [0.717, 1.165) is 12.8 Å².